The van der Waals surface area contributed by atoms with Crippen LogP contribution >= 0.6 is 11.6 Å². The summed E-state index contributed by atoms with van der Waals surface area (Å²) in [6, 6.07) is 3.08. The summed E-state index contributed by atoms with van der Waals surface area (Å²) in [4.78, 5) is 11.0. The van der Waals surface area contributed by atoms with Crippen molar-refractivity contribution >= 4 is 11.6 Å². The third-order valence-electron chi connectivity index (χ3n) is 5.45. The molecular weight excluding hydrogens is 397 g/mol. The molecule has 2 aliphatic heterocycles. The molecule has 0 aliphatic carbocycles. The van der Waals surface area contributed by atoms with Gasteiger partial charge in [0.1, 0.15) is 35.9 Å². The molecule has 156 valence electrons. The van der Waals surface area contributed by atoms with Crippen LogP contribution in [0.15, 0.2) is 12.1 Å². The van der Waals surface area contributed by atoms with E-state index in [2.05, 4.69) is 14.9 Å². The average molecular weight is 422 g/mol. The van der Waals surface area contributed by atoms with Crippen LogP contribution in [-0.2, 0) is 0 Å². The molecule has 1 unspecified atom stereocenters. The van der Waals surface area contributed by atoms with Crippen molar-refractivity contribution in [2.45, 2.75) is 45.8 Å². The fraction of sp³-hybridized carbons (Fsp3) is 0.524. The summed E-state index contributed by atoms with van der Waals surface area (Å²) in [6.07, 6.45) is 1.72. The van der Waals surface area contributed by atoms with Gasteiger partial charge >= 0.3 is 0 Å². The standard InChI is InChI=1S/C21H25ClFN3O3/c1-12-10-17(19(22)13(2)24-12)29-15-4-6-26(7-5-15)14(3)20-16(23)11-18-21(25-20)28-9-8-27-18/h10-11,14-15H,4-9H2,1-3H3. The summed E-state index contributed by atoms with van der Waals surface area (Å²) in [5.74, 6) is 1.06. The molecule has 8 heteroatoms. The number of piperidine rings is 1. The number of hydrogen-bond acceptors (Lipinski definition) is 6. The Balaban J connectivity index is 1.41. The average Bonchev–Trinajstić information content (AvgIpc) is 2.71. The molecule has 0 spiro atoms. The normalized spacial score (nSPS) is 18.5. The smallest absolute Gasteiger partial charge is 0.257 e. The predicted octanol–water partition coefficient (Wildman–Crippen LogP) is 4.26. The highest BCUT2D eigenvalue weighted by Gasteiger charge is 2.29. The van der Waals surface area contributed by atoms with Gasteiger partial charge in [-0.15, -0.1) is 0 Å². The number of fused-ring (bicyclic) bond motifs is 1. The van der Waals surface area contributed by atoms with E-state index in [4.69, 9.17) is 25.8 Å². The number of likely N-dealkylation sites (tertiary alicyclic amines) is 1. The van der Waals surface area contributed by atoms with Crippen molar-refractivity contribution in [3.05, 3.63) is 40.1 Å². The highest BCUT2D eigenvalue weighted by atomic mass is 35.5. The molecule has 1 saturated heterocycles. The highest BCUT2D eigenvalue weighted by Crippen LogP contribution is 2.35. The van der Waals surface area contributed by atoms with Gasteiger partial charge in [-0.25, -0.2) is 9.37 Å². The molecule has 2 aromatic rings. The van der Waals surface area contributed by atoms with Gasteiger partial charge in [0.05, 0.1) is 17.4 Å². The molecule has 0 radical (unpaired) electrons. The van der Waals surface area contributed by atoms with E-state index in [1.807, 2.05) is 26.8 Å². The number of nitrogens with zero attached hydrogens (tertiary/aromatic N) is 3. The lowest BCUT2D eigenvalue weighted by Gasteiger charge is -2.36. The number of rotatable bonds is 4. The monoisotopic (exact) mass is 421 g/mol. The lowest BCUT2D eigenvalue weighted by Crippen LogP contribution is -2.40. The zero-order valence-electron chi connectivity index (χ0n) is 16.9. The first-order chi connectivity index (χ1) is 13.9. The fourth-order valence-corrected chi connectivity index (χ4v) is 4.00. The van der Waals surface area contributed by atoms with E-state index >= 15 is 0 Å². The molecule has 0 N–H and O–H groups in total. The highest BCUT2D eigenvalue weighted by molar-refractivity contribution is 6.32. The Hall–Kier alpha value is -2.12. The molecule has 6 nitrogen and oxygen atoms in total. The van der Waals surface area contributed by atoms with E-state index in [0.29, 0.717) is 41.3 Å². The fourth-order valence-electron chi connectivity index (χ4n) is 3.85. The van der Waals surface area contributed by atoms with Gasteiger partial charge in [0.15, 0.2) is 5.75 Å². The second-order valence-electron chi connectivity index (χ2n) is 7.55. The van der Waals surface area contributed by atoms with Crippen LogP contribution in [0.25, 0.3) is 0 Å². The third kappa shape index (κ3) is 4.26. The van der Waals surface area contributed by atoms with Gasteiger partial charge in [0.25, 0.3) is 5.88 Å². The van der Waals surface area contributed by atoms with Crippen molar-refractivity contribution in [2.75, 3.05) is 26.3 Å². The van der Waals surface area contributed by atoms with Crippen molar-refractivity contribution in [3.63, 3.8) is 0 Å². The summed E-state index contributed by atoms with van der Waals surface area (Å²) in [6.45, 7) is 8.17. The Morgan fingerprint density at radius 2 is 1.90 bits per heavy atom. The zero-order valence-corrected chi connectivity index (χ0v) is 17.6. The molecular formula is C21H25ClFN3O3. The van der Waals surface area contributed by atoms with Crippen LogP contribution in [0.2, 0.25) is 5.02 Å². The molecule has 0 saturated carbocycles. The van der Waals surface area contributed by atoms with Crippen molar-refractivity contribution in [2.24, 2.45) is 0 Å². The van der Waals surface area contributed by atoms with Crippen LogP contribution in [0, 0.1) is 19.7 Å². The van der Waals surface area contributed by atoms with Crippen LogP contribution in [0.3, 0.4) is 0 Å². The van der Waals surface area contributed by atoms with Gasteiger partial charge in [-0.1, -0.05) is 11.6 Å². The Morgan fingerprint density at radius 1 is 1.17 bits per heavy atom. The molecule has 2 aliphatic rings. The summed E-state index contributed by atoms with van der Waals surface area (Å²) in [5, 5.41) is 0.564. The first-order valence-corrected chi connectivity index (χ1v) is 10.3. The van der Waals surface area contributed by atoms with Crippen molar-refractivity contribution < 1.29 is 18.6 Å². The molecule has 2 aromatic heterocycles. The Bertz CT molecular complexity index is 903. The largest absolute Gasteiger partial charge is 0.489 e. The Kier molecular flexibility index (Phi) is 5.79. The second-order valence-corrected chi connectivity index (χ2v) is 7.92. The third-order valence-corrected chi connectivity index (χ3v) is 5.91. The minimum absolute atomic E-state index is 0.0650. The molecule has 1 fully saturated rings. The lowest BCUT2D eigenvalue weighted by molar-refractivity contribution is 0.0768. The van der Waals surface area contributed by atoms with Gasteiger partial charge in [0, 0.05) is 30.9 Å². The summed E-state index contributed by atoms with van der Waals surface area (Å²) in [5.41, 5.74) is 2.04. The van der Waals surface area contributed by atoms with E-state index in [1.54, 1.807) is 0 Å². The van der Waals surface area contributed by atoms with Crippen molar-refractivity contribution in [3.8, 4) is 17.4 Å². The quantitative estimate of drug-likeness (QED) is 0.735. The van der Waals surface area contributed by atoms with Crippen LogP contribution in [0.4, 0.5) is 4.39 Å². The number of ether oxygens (including phenoxy) is 3. The number of aryl methyl sites for hydroxylation is 2. The first kappa shape index (κ1) is 20.2. The summed E-state index contributed by atoms with van der Waals surface area (Å²) < 4.78 is 31.7. The number of hydrogen-bond donors (Lipinski definition) is 0. The Labute approximate surface area is 174 Å². The topological polar surface area (TPSA) is 56.7 Å². The predicted molar refractivity (Wildman–Crippen MR) is 108 cm³/mol. The SMILES string of the molecule is Cc1cc(OC2CCN(C(C)c3nc4c(cc3F)OCCO4)CC2)c(Cl)c(C)n1. The minimum atomic E-state index is -0.366. The molecule has 29 heavy (non-hydrogen) atoms. The molecule has 4 rings (SSSR count). The van der Waals surface area contributed by atoms with Gasteiger partial charge in [-0.2, -0.15) is 0 Å². The van der Waals surface area contributed by atoms with E-state index in [0.717, 1.165) is 37.3 Å². The molecule has 0 amide bonds. The molecule has 4 heterocycles. The van der Waals surface area contributed by atoms with Crippen molar-refractivity contribution in [1.29, 1.82) is 0 Å². The maximum absolute atomic E-state index is 14.6. The molecule has 0 aromatic carbocycles. The Morgan fingerprint density at radius 3 is 2.66 bits per heavy atom. The zero-order chi connectivity index (χ0) is 20.5. The van der Waals surface area contributed by atoms with E-state index < -0.39 is 0 Å². The van der Waals surface area contributed by atoms with Gasteiger partial charge in [0.2, 0.25) is 0 Å². The van der Waals surface area contributed by atoms with Gasteiger partial charge in [-0.3, -0.25) is 9.88 Å². The number of aromatic nitrogens is 2. The van der Waals surface area contributed by atoms with E-state index in [1.165, 1.54) is 6.07 Å². The van der Waals surface area contributed by atoms with Crippen LogP contribution < -0.4 is 14.2 Å². The maximum atomic E-state index is 14.6. The van der Waals surface area contributed by atoms with Crippen LogP contribution in [0.1, 0.15) is 42.9 Å². The number of pyridine rings is 2. The van der Waals surface area contributed by atoms with E-state index in [9.17, 15) is 4.39 Å². The lowest BCUT2D eigenvalue weighted by atomic mass is 10.0. The first-order valence-electron chi connectivity index (χ1n) is 9.93. The summed E-state index contributed by atoms with van der Waals surface area (Å²) in [7, 11) is 0. The van der Waals surface area contributed by atoms with Crippen LogP contribution in [-0.4, -0.2) is 47.3 Å². The molecule has 1 atom stereocenters. The van der Waals surface area contributed by atoms with E-state index in [-0.39, 0.29) is 18.0 Å². The van der Waals surface area contributed by atoms with Gasteiger partial charge < -0.3 is 14.2 Å². The second kappa shape index (κ2) is 8.32. The molecule has 0 bridgehead atoms. The van der Waals surface area contributed by atoms with Gasteiger partial charge in [-0.05, 0) is 33.6 Å². The summed E-state index contributed by atoms with van der Waals surface area (Å²) >= 11 is 6.35. The number of halogens is 2. The van der Waals surface area contributed by atoms with Crippen molar-refractivity contribution in [1.82, 2.24) is 14.9 Å². The minimum Gasteiger partial charge on any atom is -0.489 e. The van der Waals surface area contributed by atoms with Crippen LogP contribution in [0.5, 0.6) is 17.4 Å². The maximum Gasteiger partial charge on any atom is 0.257 e.